The summed E-state index contributed by atoms with van der Waals surface area (Å²) < 4.78 is 0. The summed E-state index contributed by atoms with van der Waals surface area (Å²) in [5.74, 6) is 0.275. The van der Waals surface area contributed by atoms with Crippen LogP contribution in [0.4, 0.5) is 5.69 Å². The van der Waals surface area contributed by atoms with Gasteiger partial charge in [0.05, 0.1) is 11.3 Å². The standard InChI is InChI=1S/C25H22N2OS/c1-17-12-13-22-20(14-17)15-18(2)25(27-22)29-16-24(28)26-23-11-7-6-10-21(23)19-8-4-3-5-9-19/h3-15H,16H2,1-2H3,(H,26,28). The second kappa shape index (κ2) is 8.50. The molecule has 0 radical (unpaired) electrons. The van der Waals surface area contributed by atoms with Crippen LogP contribution in [0.25, 0.3) is 22.0 Å². The Balaban J connectivity index is 1.48. The second-order valence-corrected chi connectivity index (χ2v) is 8.02. The Morgan fingerprint density at radius 3 is 2.52 bits per heavy atom. The average Bonchev–Trinajstić information content (AvgIpc) is 2.73. The van der Waals surface area contributed by atoms with E-state index < -0.39 is 0 Å². The minimum absolute atomic E-state index is 0.0383. The van der Waals surface area contributed by atoms with Gasteiger partial charge in [0.1, 0.15) is 5.03 Å². The number of hydrogen-bond acceptors (Lipinski definition) is 3. The molecule has 0 unspecified atom stereocenters. The van der Waals surface area contributed by atoms with E-state index in [4.69, 9.17) is 4.98 Å². The normalized spacial score (nSPS) is 10.8. The Bertz CT molecular complexity index is 1170. The van der Waals surface area contributed by atoms with E-state index in [0.717, 1.165) is 38.3 Å². The Morgan fingerprint density at radius 1 is 0.931 bits per heavy atom. The van der Waals surface area contributed by atoms with E-state index in [2.05, 4.69) is 30.4 Å². The fraction of sp³-hybridized carbons (Fsp3) is 0.120. The third kappa shape index (κ3) is 4.49. The zero-order chi connectivity index (χ0) is 20.2. The molecule has 4 heteroatoms. The van der Waals surface area contributed by atoms with Crippen molar-refractivity contribution in [2.24, 2.45) is 0 Å². The molecule has 4 aromatic rings. The van der Waals surface area contributed by atoms with Crippen LogP contribution in [0.5, 0.6) is 0 Å². The van der Waals surface area contributed by atoms with Gasteiger partial charge in [-0.25, -0.2) is 4.98 Å². The fourth-order valence-electron chi connectivity index (χ4n) is 3.31. The predicted octanol–water partition coefficient (Wildman–Crippen LogP) is 6.25. The maximum Gasteiger partial charge on any atom is 0.234 e. The number of carbonyl (C=O) groups excluding carboxylic acids is 1. The summed E-state index contributed by atoms with van der Waals surface area (Å²) >= 11 is 1.47. The van der Waals surface area contributed by atoms with Crippen LogP contribution in [0, 0.1) is 13.8 Å². The highest BCUT2D eigenvalue weighted by Crippen LogP contribution is 2.29. The van der Waals surface area contributed by atoms with Crippen molar-refractivity contribution in [1.82, 2.24) is 4.98 Å². The quantitative estimate of drug-likeness (QED) is 0.404. The Hall–Kier alpha value is -3.11. The number of anilines is 1. The highest BCUT2D eigenvalue weighted by molar-refractivity contribution is 8.00. The van der Waals surface area contributed by atoms with Crippen molar-refractivity contribution in [3.8, 4) is 11.1 Å². The van der Waals surface area contributed by atoms with Crippen LogP contribution in [0.1, 0.15) is 11.1 Å². The molecule has 3 nitrogen and oxygen atoms in total. The highest BCUT2D eigenvalue weighted by Gasteiger charge is 2.11. The number of nitrogens with zero attached hydrogens (tertiary/aromatic N) is 1. The molecule has 0 saturated heterocycles. The molecule has 0 saturated carbocycles. The predicted molar refractivity (Wildman–Crippen MR) is 122 cm³/mol. The van der Waals surface area contributed by atoms with E-state index >= 15 is 0 Å². The zero-order valence-electron chi connectivity index (χ0n) is 16.5. The number of pyridine rings is 1. The van der Waals surface area contributed by atoms with Crippen LogP contribution in [-0.4, -0.2) is 16.6 Å². The highest BCUT2D eigenvalue weighted by atomic mass is 32.2. The van der Waals surface area contributed by atoms with Gasteiger partial charge in [-0.15, -0.1) is 0 Å². The number of thioether (sulfide) groups is 1. The fourth-order valence-corrected chi connectivity index (χ4v) is 4.10. The lowest BCUT2D eigenvalue weighted by Gasteiger charge is -2.12. The molecule has 1 N–H and O–H groups in total. The van der Waals surface area contributed by atoms with Crippen molar-refractivity contribution in [3.05, 3.63) is 90.0 Å². The number of aromatic nitrogens is 1. The second-order valence-electron chi connectivity index (χ2n) is 7.06. The molecule has 1 heterocycles. The van der Waals surface area contributed by atoms with Crippen molar-refractivity contribution in [2.75, 3.05) is 11.1 Å². The van der Waals surface area contributed by atoms with Gasteiger partial charge in [0.25, 0.3) is 0 Å². The summed E-state index contributed by atoms with van der Waals surface area (Å²) in [6.07, 6.45) is 0. The van der Waals surface area contributed by atoms with Gasteiger partial charge in [0, 0.05) is 16.6 Å². The molecule has 3 aromatic carbocycles. The van der Waals surface area contributed by atoms with Gasteiger partial charge in [0.15, 0.2) is 0 Å². The van der Waals surface area contributed by atoms with Gasteiger partial charge in [-0.05, 0) is 49.2 Å². The number of nitrogens with one attached hydrogen (secondary N) is 1. The summed E-state index contributed by atoms with van der Waals surface area (Å²) in [6, 6.07) is 26.3. The van der Waals surface area contributed by atoms with Crippen molar-refractivity contribution in [3.63, 3.8) is 0 Å². The van der Waals surface area contributed by atoms with E-state index in [9.17, 15) is 4.79 Å². The number of rotatable bonds is 5. The van der Waals surface area contributed by atoms with Crippen LogP contribution < -0.4 is 5.32 Å². The smallest absolute Gasteiger partial charge is 0.234 e. The molecule has 0 fully saturated rings. The molecule has 0 bridgehead atoms. The number of carbonyl (C=O) groups is 1. The SMILES string of the molecule is Cc1ccc2nc(SCC(=O)Nc3ccccc3-c3ccccc3)c(C)cc2c1. The molecule has 0 atom stereocenters. The van der Waals surface area contributed by atoms with Gasteiger partial charge in [0.2, 0.25) is 5.91 Å². The third-order valence-corrected chi connectivity index (χ3v) is 5.83. The van der Waals surface area contributed by atoms with Gasteiger partial charge in [-0.1, -0.05) is 71.9 Å². The lowest BCUT2D eigenvalue weighted by atomic mass is 10.0. The first-order valence-corrected chi connectivity index (χ1v) is 10.5. The molecule has 0 aliphatic rings. The topological polar surface area (TPSA) is 42.0 Å². The number of hydrogen-bond donors (Lipinski definition) is 1. The van der Waals surface area contributed by atoms with Crippen LogP contribution in [0.15, 0.2) is 83.9 Å². The van der Waals surface area contributed by atoms with Crippen LogP contribution in [-0.2, 0) is 4.79 Å². The first-order chi connectivity index (χ1) is 14.1. The number of amides is 1. The molecule has 4 rings (SSSR count). The van der Waals surface area contributed by atoms with E-state index in [1.54, 1.807) is 0 Å². The molecule has 0 spiro atoms. The van der Waals surface area contributed by atoms with Crippen molar-refractivity contribution in [1.29, 1.82) is 0 Å². The summed E-state index contributed by atoms with van der Waals surface area (Å²) in [5.41, 5.74) is 6.18. The summed E-state index contributed by atoms with van der Waals surface area (Å²) in [5, 5.41) is 5.08. The van der Waals surface area contributed by atoms with Gasteiger partial charge in [-0.2, -0.15) is 0 Å². The van der Waals surface area contributed by atoms with Gasteiger partial charge >= 0.3 is 0 Å². The van der Waals surface area contributed by atoms with Crippen LogP contribution in [0.3, 0.4) is 0 Å². The van der Waals surface area contributed by atoms with E-state index in [0.29, 0.717) is 5.75 Å². The summed E-state index contributed by atoms with van der Waals surface area (Å²) in [6.45, 7) is 4.12. The molecule has 0 aliphatic carbocycles. The number of fused-ring (bicyclic) bond motifs is 1. The van der Waals surface area contributed by atoms with E-state index in [-0.39, 0.29) is 5.91 Å². The Kier molecular flexibility index (Phi) is 5.63. The first-order valence-electron chi connectivity index (χ1n) is 9.55. The average molecular weight is 399 g/mol. The third-order valence-electron chi connectivity index (χ3n) is 4.74. The molecule has 29 heavy (non-hydrogen) atoms. The minimum Gasteiger partial charge on any atom is -0.325 e. The number of para-hydroxylation sites is 1. The maximum atomic E-state index is 12.6. The van der Waals surface area contributed by atoms with Crippen molar-refractivity contribution < 1.29 is 4.79 Å². The molecule has 1 aromatic heterocycles. The Morgan fingerprint density at radius 2 is 1.69 bits per heavy atom. The van der Waals surface area contributed by atoms with Gasteiger partial charge in [-0.3, -0.25) is 4.79 Å². The van der Waals surface area contributed by atoms with Crippen molar-refractivity contribution in [2.45, 2.75) is 18.9 Å². The lowest BCUT2D eigenvalue weighted by molar-refractivity contribution is -0.113. The molecule has 0 aliphatic heterocycles. The monoisotopic (exact) mass is 398 g/mol. The van der Waals surface area contributed by atoms with E-state index in [1.807, 2.05) is 67.6 Å². The zero-order valence-corrected chi connectivity index (χ0v) is 17.3. The van der Waals surface area contributed by atoms with E-state index in [1.165, 1.54) is 17.3 Å². The number of benzene rings is 3. The van der Waals surface area contributed by atoms with Gasteiger partial charge < -0.3 is 5.32 Å². The minimum atomic E-state index is -0.0383. The first kappa shape index (κ1) is 19.2. The van der Waals surface area contributed by atoms with Crippen LogP contribution >= 0.6 is 11.8 Å². The van der Waals surface area contributed by atoms with Crippen molar-refractivity contribution >= 4 is 34.3 Å². The lowest BCUT2D eigenvalue weighted by Crippen LogP contribution is -2.15. The number of aryl methyl sites for hydroxylation is 2. The molecule has 1 amide bonds. The summed E-state index contributed by atoms with van der Waals surface area (Å²) in [7, 11) is 0. The molecular formula is C25H22N2OS. The maximum absolute atomic E-state index is 12.6. The summed E-state index contributed by atoms with van der Waals surface area (Å²) in [4.78, 5) is 17.4. The largest absolute Gasteiger partial charge is 0.325 e. The Labute approximate surface area is 175 Å². The molecule has 144 valence electrons. The van der Waals surface area contributed by atoms with Crippen LogP contribution in [0.2, 0.25) is 0 Å². The molecular weight excluding hydrogens is 376 g/mol.